The van der Waals surface area contributed by atoms with E-state index in [1.165, 1.54) is 27.8 Å². The molecule has 0 saturated heterocycles. The lowest BCUT2D eigenvalue weighted by Gasteiger charge is -2.35. The molecule has 2 nitrogen and oxygen atoms in total. The second kappa shape index (κ2) is 4.92. The van der Waals surface area contributed by atoms with Gasteiger partial charge in [0, 0.05) is 11.5 Å². The second-order valence-electron chi connectivity index (χ2n) is 6.56. The van der Waals surface area contributed by atoms with Gasteiger partial charge in [-0.15, -0.1) is 0 Å². The fraction of sp³-hybridized carbons (Fsp3) is 0.647. The highest BCUT2D eigenvalue weighted by molar-refractivity contribution is 5.47. The molecule has 106 valence electrons. The van der Waals surface area contributed by atoms with Gasteiger partial charge in [0.05, 0.1) is 6.61 Å². The van der Waals surface area contributed by atoms with Crippen LogP contribution in [0.2, 0.25) is 0 Å². The molecule has 1 saturated carbocycles. The highest BCUT2D eigenvalue weighted by atomic mass is 16.3. The number of benzene rings is 1. The number of hydrogen-bond donors (Lipinski definition) is 1. The summed E-state index contributed by atoms with van der Waals surface area (Å²) in [6, 6.07) is 2.61. The van der Waals surface area contributed by atoms with Gasteiger partial charge in [0.1, 0.15) is 0 Å². The number of aliphatic hydroxyl groups excluding tert-OH is 1. The summed E-state index contributed by atoms with van der Waals surface area (Å²) in [5.74, 6) is 0. The average Bonchev–Trinajstić information content (AvgIpc) is 3.12. The van der Waals surface area contributed by atoms with Crippen LogP contribution in [0.3, 0.4) is 0 Å². The van der Waals surface area contributed by atoms with E-state index >= 15 is 0 Å². The highest BCUT2D eigenvalue weighted by Crippen LogP contribution is 2.57. The minimum absolute atomic E-state index is 0.0826. The van der Waals surface area contributed by atoms with Gasteiger partial charge in [0.15, 0.2) is 0 Å². The molecule has 1 aromatic rings. The monoisotopic (exact) mass is 261 g/mol. The summed E-state index contributed by atoms with van der Waals surface area (Å²) >= 11 is 0. The maximum Gasteiger partial charge on any atom is 0.0505 e. The Labute approximate surface area is 117 Å². The Morgan fingerprint density at radius 3 is 1.89 bits per heavy atom. The van der Waals surface area contributed by atoms with Crippen LogP contribution in [-0.4, -0.2) is 30.7 Å². The summed E-state index contributed by atoms with van der Waals surface area (Å²) in [6.45, 7) is 9.12. The van der Waals surface area contributed by atoms with E-state index < -0.39 is 0 Å². The molecule has 2 rings (SSSR count). The number of aryl methyl sites for hydroxylation is 2. The van der Waals surface area contributed by atoms with Crippen molar-refractivity contribution in [3.63, 3.8) is 0 Å². The average molecular weight is 261 g/mol. The standard InChI is InChI=1S/C17H27NO/c1-11-9-12(2)14(4)15(13(11)3)16(18(5)6)17(10-19)7-8-17/h9,16,19H,7-8,10H2,1-6H3. The van der Waals surface area contributed by atoms with E-state index in [-0.39, 0.29) is 5.41 Å². The molecule has 0 bridgehead atoms. The Kier molecular flexibility index (Phi) is 3.76. The van der Waals surface area contributed by atoms with Crippen molar-refractivity contribution in [1.29, 1.82) is 0 Å². The third kappa shape index (κ3) is 2.32. The van der Waals surface area contributed by atoms with Crippen LogP contribution >= 0.6 is 0 Å². The molecule has 19 heavy (non-hydrogen) atoms. The third-order valence-electron chi connectivity index (χ3n) is 5.00. The number of aliphatic hydroxyl groups is 1. The molecule has 0 radical (unpaired) electrons. The van der Waals surface area contributed by atoms with Gasteiger partial charge < -0.3 is 10.0 Å². The van der Waals surface area contributed by atoms with E-state index in [0.29, 0.717) is 12.6 Å². The first-order valence-corrected chi connectivity index (χ1v) is 7.18. The van der Waals surface area contributed by atoms with Gasteiger partial charge in [0.25, 0.3) is 0 Å². The predicted octanol–water partition coefficient (Wildman–Crippen LogP) is 3.30. The summed E-state index contributed by atoms with van der Waals surface area (Å²) in [7, 11) is 4.27. The number of rotatable bonds is 4. The molecule has 0 heterocycles. The zero-order valence-electron chi connectivity index (χ0n) is 13.2. The summed E-state index contributed by atoms with van der Waals surface area (Å²) in [5, 5.41) is 9.83. The van der Waals surface area contributed by atoms with Crippen LogP contribution in [0, 0.1) is 33.1 Å². The SMILES string of the molecule is Cc1cc(C)c(C)c(C(N(C)C)C2(CO)CC2)c1C. The van der Waals surface area contributed by atoms with E-state index in [9.17, 15) is 5.11 Å². The van der Waals surface area contributed by atoms with Gasteiger partial charge in [-0.3, -0.25) is 0 Å². The van der Waals surface area contributed by atoms with Crippen LogP contribution in [-0.2, 0) is 0 Å². The minimum atomic E-state index is 0.0826. The molecule has 0 amide bonds. The number of nitrogens with zero attached hydrogens (tertiary/aromatic N) is 1. The van der Waals surface area contributed by atoms with Gasteiger partial charge in [-0.2, -0.15) is 0 Å². The molecular weight excluding hydrogens is 234 g/mol. The van der Waals surface area contributed by atoms with Gasteiger partial charge in [0.2, 0.25) is 0 Å². The van der Waals surface area contributed by atoms with Crippen LogP contribution in [0.5, 0.6) is 0 Å². The first kappa shape index (κ1) is 14.5. The largest absolute Gasteiger partial charge is 0.396 e. The second-order valence-corrected chi connectivity index (χ2v) is 6.56. The number of hydrogen-bond acceptors (Lipinski definition) is 2. The summed E-state index contributed by atoms with van der Waals surface area (Å²) in [6.07, 6.45) is 2.27. The maximum atomic E-state index is 9.83. The fourth-order valence-electron chi connectivity index (χ4n) is 3.45. The van der Waals surface area contributed by atoms with Crippen molar-refractivity contribution in [2.24, 2.45) is 5.41 Å². The molecule has 1 aromatic carbocycles. The van der Waals surface area contributed by atoms with E-state index in [0.717, 1.165) is 12.8 Å². The van der Waals surface area contributed by atoms with Crippen molar-refractivity contribution in [2.75, 3.05) is 20.7 Å². The first-order chi connectivity index (χ1) is 8.84. The van der Waals surface area contributed by atoms with E-state index in [1.807, 2.05) is 0 Å². The summed E-state index contributed by atoms with van der Waals surface area (Å²) in [5.41, 5.74) is 7.02. The summed E-state index contributed by atoms with van der Waals surface area (Å²) < 4.78 is 0. The topological polar surface area (TPSA) is 23.5 Å². The molecule has 0 aromatic heterocycles. The van der Waals surface area contributed by atoms with Gasteiger partial charge >= 0.3 is 0 Å². The van der Waals surface area contributed by atoms with Gasteiger partial charge in [-0.05, 0) is 82.4 Å². The Balaban J connectivity index is 2.61. The van der Waals surface area contributed by atoms with Crippen molar-refractivity contribution >= 4 is 0 Å². The fourth-order valence-corrected chi connectivity index (χ4v) is 3.45. The quantitative estimate of drug-likeness (QED) is 0.899. The van der Waals surface area contributed by atoms with Crippen molar-refractivity contribution in [3.05, 3.63) is 33.9 Å². The van der Waals surface area contributed by atoms with Gasteiger partial charge in [-0.1, -0.05) is 6.07 Å². The van der Waals surface area contributed by atoms with E-state index in [2.05, 4.69) is 52.8 Å². The van der Waals surface area contributed by atoms with E-state index in [4.69, 9.17) is 0 Å². The Bertz CT molecular complexity index is 460. The minimum Gasteiger partial charge on any atom is -0.396 e. The molecule has 2 heteroatoms. The molecule has 1 N–H and O–H groups in total. The lowest BCUT2D eigenvalue weighted by atomic mass is 9.82. The van der Waals surface area contributed by atoms with Crippen molar-refractivity contribution in [2.45, 2.75) is 46.6 Å². The zero-order chi connectivity index (χ0) is 14.4. The Hall–Kier alpha value is -0.860. The maximum absolute atomic E-state index is 9.83. The molecule has 0 spiro atoms. The lowest BCUT2D eigenvalue weighted by Crippen LogP contribution is -2.32. The zero-order valence-corrected chi connectivity index (χ0v) is 13.2. The highest BCUT2D eigenvalue weighted by Gasteiger charge is 2.51. The smallest absolute Gasteiger partial charge is 0.0505 e. The van der Waals surface area contributed by atoms with Crippen molar-refractivity contribution < 1.29 is 5.11 Å². The van der Waals surface area contributed by atoms with Crippen LogP contribution in [0.15, 0.2) is 6.07 Å². The third-order valence-corrected chi connectivity index (χ3v) is 5.00. The van der Waals surface area contributed by atoms with E-state index in [1.54, 1.807) is 0 Å². The van der Waals surface area contributed by atoms with Crippen molar-refractivity contribution in [1.82, 2.24) is 4.90 Å². The Morgan fingerprint density at radius 2 is 1.58 bits per heavy atom. The molecule has 1 unspecified atom stereocenters. The molecule has 0 aliphatic heterocycles. The van der Waals surface area contributed by atoms with Crippen LogP contribution in [0.1, 0.15) is 46.7 Å². The van der Waals surface area contributed by atoms with Crippen LogP contribution < -0.4 is 0 Å². The summed E-state index contributed by atoms with van der Waals surface area (Å²) in [4.78, 5) is 2.29. The van der Waals surface area contributed by atoms with Crippen LogP contribution in [0.25, 0.3) is 0 Å². The molecule has 1 aliphatic carbocycles. The molecule has 1 aliphatic rings. The molecule has 1 atom stereocenters. The lowest BCUT2D eigenvalue weighted by molar-refractivity contribution is 0.115. The normalized spacial score (nSPS) is 18.7. The van der Waals surface area contributed by atoms with Crippen molar-refractivity contribution in [3.8, 4) is 0 Å². The molecular formula is C17H27NO. The first-order valence-electron chi connectivity index (χ1n) is 7.18. The van der Waals surface area contributed by atoms with Gasteiger partial charge in [-0.25, -0.2) is 0 Å². The van der Waals surface area contributed by atoms with Crippen LogP contribution in [0.4, 0.5) is 0 Å². The molecule has 1 fully saturated rings. The Morgan fingerprint density at radius 1 is 1.11 bits per heavy atom. The predicted molar refractivity (Wildman–Crippen MR) is 80.6 cm³/mol.